The molecule has 2 aromatic carbocycles. The van der Waals surface area contributed by atoms with Crippen molar-refractivity contribution in [3.63, 3.8) is 0 Å². The fraction of sp³-hybridized carbons (Fsp3) is 0.567. The predicted molar refractivity (Wildman–Crippen MR) is 138 cm³/mol. The van der Waals surface area contributed by atoms with Crippen molar-refractivity contribution in [2.75, 3.05) is 19.6 Å². The number of amides is 1. The quantitative estimate of drug-likeness (QED) is 0.544. The Balaban J connectivity index is 1.48. The topological polar surface area (TPSA) is 43.8 Å². The molecule has 0 aromatic heterocycles. The summed E-state index contributed by atoms with van der Waals surface area (Å²) in [5.41, 5.74) is 6.31. The first-order valence-electron chi connectivity index (χ1n) is 13.2. The van der Waals surface area contributed by atoms with Gasteiger partial charge in [-0.3, -0.25) is 4.90 Å². The zero-order valence-corrected chi connectivity index (χ0v) is 21.3. The summed E-state index contributed by atoms with van der Waals surface area (Å²) in [6, 6.07) is 15.7. The van der Waals surface area contributed by atoms with E-state index in [0.29, 0.717) is 11.8 Å². The Bertz CT molecular complexity index is 1030. The van der Waals surface area contributed by atoms with E-state index < -0.39 is 6.09 Å². The molecular weight excluding hydrogens is 420 g/mol. The van der Waals surface area contributed by atoms with Crippen LogP contribution in [0.4, 0.5) is 4.79 Å². The molecule has 3 saturated heterocycles. The van der Waals surface area contributed by atoms with Crippen molar-refractivity contribution in [2.45, 2.75) is 71.9 Å². The lowest BCUT2D eigenvalue weighted by Crippen LogP contribution is -2.61. The smallest absolute Gasteiger partial charge is 0.408 e. The van der Waals surface area contributed by atoms with Crippen molar-refractivity contribution in [3.8, 4) is 11.1 Å². The first-order chi connectivity index (χ1) is 16.2. The Hall–Kier alpha value is -2.33. The monoisotopic (exact) mass is 460 g/mol. The molecular formula is C30H40N2O2. The molecule has 1 N–H and O–H groups in total. The van der Waals surface area contributed by atoms with E-state index in [-0.39, 0.29) is 17.5 Å². The predicted octanol–water partition coefficient (Wildman–Crippen LogP) is 6.64. The van der Waals surface area contributed by atoms with Gasteiger partial charge in [-0.2, -0.15) is 0 Å². The molecule has 4 aliphatic rings. The molecule has 34 heavy (non-hydrogen) atoms. The van der Waals surface area contributed by atoms with E-state index in [9.17, 15) is 9.90 Å². The van der Waals surface area contributed by atoms with E-state index in [2.05, 4.69) is 75.1 Å². The minimum atomic E-state index is -0.755. The van der Waals surface area contributed by atoms with Gasteiger partial charge in [0.1, 0.15) is 0 Å². The molecule has 0 saturated carbocycles. The number of carbonyl (C=O) groups is 1. The number of piperidine rings is 3. The average molecular weight is 461 g/mol. The third-order valence-electron chi connectivity index (χ3n) is 8.63. The van der Waals surface area contributed by atoms with Gasteiger partial charge in [-0.15, -0.1) is 0 Å². The molecule has 0 unspecified atom stereocenters. The third-order valence-corrected chi connectivity index (χ3v) is 8.63. The fourth-order valence-corrected chi connectivity index (χ4v) is 6.81. The van der Waals surface area contributed by atoms with Crippen LogP contribution >= 0.6 is 0 Å². The SMILES string of the molecule is CC(C)Cc1ccc(-c2ccc3c(c2)CCC(C)(C)[C@H]3N(C(=O)O)[C@@H]2CN3CCC2CC3)cc1. The molecule has 0 radical (unpaired) electrons. The molecule has 1 aliphatic carbocycles. The van der Waals surface area contributed by atoms with Crippen LogP contribution in [0.1, 0.15) is 69.7 Å². The van der Waals surface area contributed by atoms with Crippen molar-refractivity contribution in [1.29, 1.82) is 0 Å². The maximum Gasteiger partial charge on any atom is 0.408 e. The van der Waals surface area contributed by atoms with E-state index in [4.69, 9.17) is 0 Å². The summed E-state index contributed by atoms with van der Waals surface area (Å²) in [4.78, 5) is 17.1. The van der Waals surface area contributed by atoms with Crippen LogP contribution in [0.5, 0.6) is 0 Å². The Kier molecular flexibility index (Phi) is 6.22. The molecule has 3 aliphatic heterocycles. The second-order valence-corrected chi connectivity index (χ2v) is 12.0. The standard InChI is InChI=1S/C30H40N2O2/c1-20(2)17-21-5-7-22(8-6-21)24-9-10-26-25(18-24)11-14-30(3,4)28(26)32(29(33)34)27-19-31-15-12-23(27)13-16-31/h5-10,18,20,23,27-28H,11-17,19H2,1-4H3,(H,33,34)/t27-,28+/m1/s1. The molecule has 4 heteroatoms. The lowest BCUT2D eigenvalue weighted by atomic mass is 9.68. The van der Waals surface area contributed by atoms with Gasteiger partial charge in [0.25, 0.3) is 0 Å². The normalized spacial score (nSPS) is 27.4. The Morgan fingerprint density at radius 2 is 1.76 bits per heavy atom. The Morgan fingerprint density at radius 3 is 2.35 bits per heavy atom. The lowest BCUT2D eigenvalue weighted by Gasteiger charge is -2.54. The Morgan fingerprint density at radius 1 is 1.09 bits per heavy atom. The first-order valence-corrected chi connectivity index (χ1v) is 13.2. The summed E-state index contributed by atoms with van der Waals surface area (Å²) in [6.45, 7) is 12.2. The molecule has 6 rings (SSSR count). The van der Waals surface area contributed by atoms with Crippen molar-refractivity contribution in [2.24, 2.45) is 17.3 Å². The largest absolute Gasteiger partial charge is 0.465 e. The molecule has 2 atom stereocenters. The van der Waals surface area contributed by atoms with Gasteiger partial charge in [-0.05, 0) is 90.3 Å². The van der Waals surface area contributed by atoms with E-state index in [1.807, 2.05) is 4.90 Å². The molecule has 2 bridgehead atoms. The van der Waals surface area contributed by atoms with Crippen LogP contribution in [0.25, 0.3) is 11.1 Å². The summed E-state index contributed by atoms with van der Waals surface area (Å²) < 4.78 is 0. The van der Waals surface area contributed by atoms with E-state index >= 15 is 0 Å². The number of rotatable bonds is 5. The minimum absolute atomic E-state index is 0.0859. The van der Waals surface area contributed by atoms with Crippen molar-refractivity contribution in [1.82, 2.24) is 9.80 Å². The number of fused-ring (bicyclic) bond motifs is 4. The van der Waals surface area contributed by atoms with Crippen molar-refractivity contribution in [3.05, 3.63) is 59.2 Å². The second kappa shape index (κ2) is 9.03. The fourth-order valence-electron chi connectivity index (χ4n) is 6.81. The highest BCUT2D eigenvalue weighted by Gasteiger charge is 2.48. The second-order valence-electron chi connectivity index (χ2n) is 12.0. The highest BCUT2D eigenvalue weighted by atomic mass is 16.4. The van der Waals surface area contributed by atoms with Gasteiger partial charge in [-0.25, -0.2) is 4.79 Å². The van der Waals surface area contributed by atoms with Crippen LogP contribution < -0.4 is 0 Å². The van der Waals surface area contributed by atoms with Gasteiger partial charge in [0, 0.05) is 6.54 Å². The molecule has 3 fully saturated rings. The minimum Gasteiger partial charge on any atom is -0.465 e. The summed E-state index contributed by atoms with van der Waals surface area (Å²) >= 11 is 0. The summed E-state index contributed by atoms with van der Waals surface area (Å²) in [6.07, 6.45) is 4.61. The number of aryl methyl sites for hydroxylation is 1. The number of nitrogens with zero attached hydrogens (tertiary/aromatic N) is 2. The number of carboxylic acid groups (broad SMARTS) is 1. The Labute approximate surface area is 205 Å². The first kappa shape index (κ1) is 23.4. The molecule has 0 spiro atoms. The van der Waals surface area contributed by atoms with Crippen LogP contribution in [-0.2, 0) is 12.8 Å². The zero-order valence-electron chi connectivity index (χ0n) is 21.3. The van der Waals surface area contributed by atoms with E-state index in [0.717, 1.165) is 51.7 Å². The summed E-state index contributed by atoms with van der Waals surface area (Å²) in [5, 5.41) is 10.5. The van der Waals surface area contributed by atoms with Crippen molar-refractivity contribution >= 4 is 6.09 Å². The highest BCUT2D eigenvalue weighted by molar-refractivity contribution is 5.69. The maximum atomic E-state index is 12.8. The van der Waals surface area contributed by atoms with Gasteiger partial charge < -0.3 is 10.0 Å². The zero-order chi connectivity index (χ0) is 24.0. The molecule has 1 amide bonds. The molecule has 2 aromatic rings. The number of hydrogen-bond acceptors (Lipinski definition) is 2. The van der Waals surface area contributed by atoms with Gasteiger partial charge >= 0.3 is 6.09 Å². The van der Waals surface area contributed by atoms with Gasteiger partial charge in [0.15, 0.2) is 0 Å². The summed E-state index contributed by atoms with van der Waals surface area (Å²) in [7, 11) is 0. The van der Waals surface area contributed by atoms with Crippen molar-refractivity contribution < 1.29 is 9.90 Å². The van der Waals surface area contributed by atoms with Gasteiger partial charge in [-0.1, -0.05) is 70.2 Å². The number of hydrogen-bond donors (Lipinski definition) is 1. The molecule has 182 valence electrons. The average Bonchev–Trinajstić information content (AvgIpc) is 2.81. The van der Waals surface area contributed by atoms with E-state index in [1.165, 1.54) is 27.8 Å². The van der Waals surface area contributed by atoms with Gasteiger partial charge in [0.05, 0.1) is 12.1 Å². The van der Waals surface area contributed by atoms with Crippen LogP contribution in [0.2, 0.25) is 0 Å². The maximum absolute atomic E-state index is 12.8. The van der Waals surface area contributed by atoms with Crippen LogP contribution in [0.15, 0.2) is 42.5 Å². The summed E-state index contributed by atoms with van der Waals surface area (Å²) in [5.74, 6) is 1.15. The van der Waals surface area contributed by atoms with Crippen LogP contribution in [0, 0.1) is 17.3 Å². The molecule has 4 nitrogen and oxygen atoms in total. The highest BCUT2D eigenvalue weighted by Crippen LogP contribution is 2.50. The van der Waals surface area contributed by atoms with Crippen LogP contribution in [-0.4, -0.2) is 46.7 Å². The van der Waals surface area contributed by atoms with Gasteiger partial charge in [0.2, 0.25) is 0 Å². The number of benzene rings is 2. The molecule has 3 heterocycles. The lowest BCUT2D eigenvalue weighted by molar-refractivity contribution is -0.0352. The third kappa shape index (κ3) is 4.37. The van der Waals surface area contributed by atoms with Crippen LogP contribution in [0.3, 0.4) is 0 Å². The van der Waals surface area contributed by atoms with E-state index in [1.54, 1.807) is 0 Å².